The van der Waals surface area contributed by atoms with Crippen molar-refractivity contribution in [1.29, 1.82) is 0 Å². The molecule has 26 heavy (non-hydrogen) atoms. The lowest BCUT2D eigenvalue weighted by atomic mass is 10.0. The van der Waals surface area contributed by atoms with E-state index in [9.17, 15) is 4.39 Å². The first-order valence-corrected chi connectivity index (χ1v) is 8.65. The first kappa shape index (κ1) is 16.7. The number of nitrogens with one attached hydrogen (secondary N) is 1. The molecule has 6 heteroatoms. The number of aromatic nitrogens is 2. The van der Waals surface area contributed by atoms with Gasteiger partial charge in [0, 0.05) is 30.9 Å². The normalized spacial score (nSPS) is 15.0. The number of fused-ring (bicyclic) bond motifs is 1. The Bertz CT molecular complexity index is 923. The van der Waals surface area contributed by atoms with Crippen LogP contribution in [0.4, 0.5) is 10.2 Å². The van der Waals surface area contributed by atoms with Crippen molar-refractivity contribution in [3.8, 4) is 16.9 Å². The van der Waals surface area contributed by atoms with E-state index >= 15 is 0 Å². The third-order valence-corrected chi connectivity index (χ3v) is 4.80. The average molecular weight is 352 g/mol. The first-order chi connectivity index (χ1) is 12.6. The van der Waals surface area contributed by atoms with Gasteiger partial charge in [0.05, 0.1) is 7.11 Å². The molecular weight excluding hydrogens is 331 g/mol. The van der Waals surface area contributed by atoms with Crippen LogP contribution in [0.5, 0.6) is 5.75 Å². The van der Waals surface area contributed by atoms with Crippen LogP contribution in [-0.4, -0.2) is 48.7 Å². The predicted octanol–water partition coefficient (Wildman–Crippen LogP) is 3.42. The highest BCUT2D eigenvalue weighted by molar-refractivity contribution is 5.96. The van der Waals surface area contributed by atoms with Gasteiger partial charge in [0.15, 0.2) is 0 Å². The summed E-state index contributed by atoms with van der Waals surface area (Å²) in [6.45, 7) is 3.07. The molecule has 1 aromatic heterocycles. The summed E-state index contributed by atoms with van der Waals surface area (Å²) in [5.41, 5.74) is 2.62. The van der Waals surface area contributed by atoms with Crippen LogP contribution < -0.4 is 10.1 Å². The number of ether oxygens (including phenoxy) is 1. The molecule has 5 nitrogen and oxygen atoms in total. The zero-order valence-electron chi connectivity index (χ0n) is 14.9. The summed E-state index contributed by atoms with van der Waals surface area (Å²) < 4.78 is 18.8. The first-order valence-electron chi connectivity index (χ1n) is 8.65. The number of hydrogen-bond acceptors (Lipinski definition) is 5. The van der Waals surface area contributed by atoms with Crippen molar-refractivity contribution in [3.05, 3.63) is 48.5 Å². The molecular formula is C20H21FN4O. The van der Waals surface area contributed by atoms with Crippen LogP contribution in [0.1, 0.15) is 0 Å². The molecule has 4 rings (SSSR count). The van der Waals surface area contributed by atoms with E-state index < -0.39 is 0 Å². The van der Waals surface area contributed by atoms with Crippen molar-refractivity contribution < 1.29 is 9.13 Å². The molecule has 1 saturated heterocycles. The van der Waals surface area contributed by atoms with Crippen LogP contribution in [0.3, 0.4) is 0 Å². The average Bonchev–Trinajstić information content (AvgIpc) is 2.64. The second-order valence-electron chi connectivity index (χ2n) is 6.77. The maximum Gasteiger partial charge on any atom is 0.145 e. The molecule has 1 N–H and O–H groups in total. The second-order valence-corrected chi connectivity index (χ2v) is 6.77. The number of halogens is 1. The number of likely N-dealkylation sites (tertiary alicyclic amines) is 1. The number of methoxy groups -OCH3 is 1. The Kier molecular flexibility index (Phi) is 4.42. The molecule has 2 heterocycles. The smallest absolute Gasteiger partial charge is 0.145 e. The van der Waals surface area contributed by atoms with Crippen LogP contribution >= 0.6 is 0 Å². The topological polar surface area (TPSA) is 50.3 Å². The second kappa shape index (κ2) is 6.88. The largest absolute Gasteiger partial charge is 0.494 e. The molecule has 0 radical (unpaired) electrons. The Hall–Kier alpha value is -2.73. The Morgan fingerprint density at radius 3 is 2.62 bits per heavy atom. The van der Waals surface area contributed by atoms with E-state index in [1.165, 1.54) is 12.1 Å². The van der Waals surface area contributed by atoms with Gasteiger partial charge in [-0.05, 0) is 42.4 Å². The van der Waals surface area contributed by atoms with Crippen LogP contribution in [0.15, 0.2) is 42.7 Å². The molecule has 134 valence electrons. The Morgan fingerprint density at radius 1 is 1.15 bits per heavy atom. The number of hydrogen-bond donors (Lipinski definition) is 1. The van der Waals surface area contributed by atoms with E-state index in [1.807, 2.05) is 12.1 Å². The minimum Gasteiger partial charge on any atom is -0.494 e. The van der Waals surface area contributed by atoms with Gasteiger partial charge in [0.2, 0.25) is 0 Å². The van der Waals surface area contributed by atoms with Gasteiger partial charge in [-0.1, -0.05) is 12.1 Å². The van der Waals surface area contributed by atoms with E-state index in [0.29, 0.717) is 11.7 Å². The van der Waals surface area contributed by atoms with Gasteiger partial charge < -0.3 is 15.0 Å². The van der Waals surface area contributed by atoms with Crippen LogP contribution in [0.2, 0.25) is 0 Å². The molecule has 2 aromatic carbocycles. The van der Waals surface area contributed by atoms with Crippen molar-refractivity contribution in [2.75, 3.05) is 39.1 Å². The monoisotopic (exact) mass is 352 g/mol. The standard InChI is InChI=1S/C20H21FN4O/c1-25-10-13(11-25)9-22-20-17-7-15(14-3-5-16(21)6-4-14)8-18(26-2)19(17)23-12-24-20/h3-8,12-13H,9-11H2,1-2H3,(H,22,23,24). The lowest BCUT2D eigenvalue weighted by molar-refractivity contribution is 0.144. The molecule has 0 atom stereocenters. The fourth-order valence-electron chi connectivity index (χ4n) is 3.44. The highest BCUT2D eigenvalue weighted by atomic mass is 19.1. The minimum absolute atomic E-state index is 0.252. The number of nitrogens with zero attached hydrogens (tertiary/aromatic N) is 3. The van der Waals surface area contributed by atoms with Crippen molar-refractivity contribution in [2.45, 2.75) is 0 Å². The Labute approximate surface area is 151 Å². The lowest BCUT2D eigenvalue weighted by Crippen LogP contribution is -2.46. The fraction of sp³-hybridized carbons (Fsp3) is 0.300. The fourth-order valence-corrected chi connectivity index (χ4v) is 3.44. The number of benzene rings is 2. The van der Waals surface area contributed by atoms with Gasteiger partial charge in [-0.3, -0.25) is 0 Å². The van der Waals surface area contributed by atoms with Crippen molar-refractivity contribution in [2.24, 2.45) is 5.92 Å². The number of anilines is 1. The van der Waals surface area contributed by atoms with Gasteiger partial charge in [0.25, 0.3) is 0 Å². The summed E-state index contributed by atoms with van der Waals surface area (Å²) in [4.78, 5) is 11.1. The maximum atomic E-state index is 13.2. The lowest BCUT2D eigenvalue weighted by Gasteiger charge is -2.36. The minimum atomic E-state index is -0.252. The molecule has 1 aliphatic heterocycles. The predicted molar refractivity (Wildman–Crippen MR) is 101 cm³/mol. The molecule has 1 aliphatic rings. The summed E-state index contributed by atoms with van der Waals surface area (Å²) in [7, 11) is 3.75. The molecule has 0 unspecified atom stereocenters. The summed E-state index contributed by atoms with van der Waals surface area (Å²) in [6.07, 6.45) is 1.55. The van der Waals surface area contributed by atoms with Crippen LogP contribution in [0.25, 0.3) is 22.0 Å². The molecule has 1 fully saturated rings. The summed E-state index contributed by atoms with van der Waals surface area (Å²) >= 11 is 0. The number of rotatable bonds is 5. The van der Waals surface area contributed by atoms with Crippen molar-refractivity contribution in [1.82, 2.24) is 14.9 Å². The quantitative estimate of drug-likeness (QED) is 0.762. The highest BCUT2D eigenvalue weighted by Gasteiger charge is 2.23. The van der Waals surface area contributed by atoms with E-state index in [1.54, 1.807) is 25.6 Å². The zero-order chi connectivity index (χ0) is 18.1. The Balaban J connectivity index is 1.72. The molecule has 0 saturated carbocycles. The van der Waals surface area contributed by atoms with Crippen LogP contribution in [0, 0.1) is 11.7 Å². The van der Waals surface area contributed by atoms with E-state index in [0.717, 1.165) is 47.5 Å². The maximum absolute atomic E-state index is 13.2. The zero-order valence-corrected chi connectivity index (χ0v) is 14.9. The third-order valence-electron chi connectivity index (χ3n) is 4.80. The third kappa shape index (κ3) is 3.20. The van der Waals surface area contributed by atoms with Gasteiger partial charge in [-0.25, -0.2) is 14.4 Å². The summed E-state index contributed by atoms with van der Waals surface area (Å²) in [5.74, 6) is 1.85. The Morgan fingerprint density at radius 2 is 1.92 bits per heavy atom. The van der Waals surface area contributed by atoms with E-state index in [-0.39, 0.29) is 5.82 Å². The van der Waals surface area contributed by atoms with Gasteiger partial charge in [-0.2, -0.15) is 0 Å². The van der Waals surface area contributed by atoms with Gasteiger partial charge in [0.1, 0.15) is 29.2 Å². The molecule has 0 amide bonds. The van der Waals surface area contributed by atoms with Crippen LogP contribution in [-0.2, 0) is 0 Å². The van der Waals surface area contributed by atoms with Crippen molar-refractivity contribution in [3.63, 3.8) is 0 Å². The van der Waals surface area contributed by atoms with E-state index in [4.69, 9.17) is 4.74 Å². The molecule has 0 spiro atoms. The van der Waals surface area contributed by atoms with Gasteiger partial charge >= 0.3 is 0 Å². The van der Waals surface area contributed by atoms with Crippen molar-refractivity contribution >= 4 is 16.7 Å². The summed E-state index contributed by atoms with van der Waals surface area (Å²) in [5, 5.41) is 4.36. The molecule has 0 aliphatic carbocycles. The summed E-state index contributed by atoms with van der Waals surface area (Å²) in [6, 6.07) is 10.4. The SMILES string of the molecule is COc1cc(-c2ccc(F)cc2)cc2c(NCC3CN(C)C3)ncnc12. The highest BCUT2D eigenvalue weighted by Crippen LogP contribution is 2.34. The molecule has 0 bridgehead atoms. The van der Waals surface area contributed by atoms with E-state index in [2.05, 4.69) is 27.2 Å². The molecule has 3 aromatic rings. The van der Waals surface area contributed by atoms with Gasteiger partial charge in [-0.15, -0.1) is 0 Å².